The molecule has 2 unspecified atom stereocenters. The molecule has 0 fully saturated rings. The topological polar surface area (TPSA) is 54.3 Å². The van der Waals surface area contributed by atoms with Crippen LogP contribution in [-0.2, 0) is 9.47 Å². The van der Waals surface area contributed by atoms with Crippen molar-refractivity contribution in [2.45, 2.75) is 58.2 Å². The van der Waals surface area contributed by atoms with E-state index in [0.717, 1.165) is 12.8 Å². The lowest BCUT2D eigenvalue weighted by Gasteiger charge is -2.26. The van der Waals surface area contributed by atoms with Crippen LogP contribution in [0.5, 0.6) is 0 Å². The number of hydrogen-bond acceptors (Lipinski definition) is 4. The van der Waals surface area contributed by atoms with Gasteiger partial charge in [-0.25, -0.2) is 0 Å². The van der Waals surface area contributed by atoms with Crippen molar-refractivity contribution in [3.05, 3.63) is 0 Å². The summed E-state index contributed by atoms with van der Waals surface area (Å²) < 4.78 is 10.6. The molecule has 0 saturated heterocycles. The monoisotopic (exact) mass is 242 g/mol. The zero-order valence-electron chi connectivity index (χ0n) is 11.7. The number of nitrogens with zero attached hydrogens (tertiary/aromatic N) is 1. The molecule has 0 aliphatic rings. The van der Waals surface area contributed by atoms with Crippen molar-refractivity contribution >= 4 is 0 Å². The highest BCUT2D eigenvalue weighted by Gasteiger charge is 2.23. The van der Waals surface area contributed by atoms with Gasteiger partial charge in [-0.05, 0) is 40.5 Å². The third-order valence-corrected chi connectivity index (χ3v) is 2.48. The minimum Gasteiger partial charge on any atom is -0.382 e. The van der Waals surface area contributed by atoms with E-state index < -0.39 is 5.54 Å². The summed E-state index contributed by atoms with van der Waals surface area (Å²) in [5.74, 6) is 0. The quantitative estimate of drug-likeness (QED) is 0.629. The van der Waals surface area contributed by atoms with Crippen LogP contribution in [0.3, 0.4) is 0 Å². The molecule has 0 aromatic carbocycles. The van der Waals surface area contributed by atoms with Crippen LogP contribution in [-0.4, -0.2) is 38.0 Å². The van der Waals surface area contributed by atoms with Gasteiger partial charge in [0.05, 0.1) is 18.8 Å². The van der Waals surface area contributed by atoms with Gasteiger partial charge in [-0.3, -0.25) is 5.32 Å². The Morgan fingerprint density at radius 1 is 1.35 bits per heavy atom. The molecule has 0 amide bonds. The van der Waals surface area contributed by atoms with E-state index in [9.17, 15) is 0 Å². The van der Waals surface area contributed by atoms with Crippen LogP contribution >= 0.6 is 0 Å². The molecule has 0 aromatic rings. The van der Waals surface area contributed by atoms with Crippen LogP contribution in [0.15, 0.2) is 0 Å². The molecule has 4 nitrogen and oxygen atoms in total. The molecule has 0 aromatic heterocycles. The standard InChI is InChI=1S/C13H26N2O2/c1-11(2)15-13(4,10-14)7-6-8-17-12(3)9-16-5/h11-12,15H,6-9H2,1-5H3. The SMILES string of the molecule is COCC(C)OCCCC(C)(C#N)NC(C)C. The minimum atomic E-state index is -0.456. The predicted molar refractivity (Wildman–Crippen MR) is 68.8 cm³/mol. The summed E-state index contributed by atoms with van der Waals surface area (Å²) in [5.41, 5.74) is -0.456. The second kappa shape index (κ2) is 8.46. The second-order valence-corrected chi connectivity index (χ2v) is 4.98. The molecule has 1 N–H and O–H groups in total. The molecule has 4 heteroatoms. The Bertz CT molecular complexity index is 238. The fraction of sp³-hybridized carbons (Fsp3) is 0.923. The Hall–Kier alpha value is -0.630. The first-order valence-corrected chi connectivity index (χ1v) is 6.23. The van der Waals surface area contributed by atoms with E-state index in [4.69, 9.17) is 14.7 Å². The first-order chi connectivity index (χ1) is 7.93. The molecule has 17 heavy (non-hydrogen) atoms. The normalized spacial score (nSPS) is 16.5. The van der Waals surface area contributed by atoms with E-state index in [-0.39, 0.29) is 6.10 Å². The zero-order chi connectivity index (χ0) is 13.3. The van der Waals surface area contributed by atoms with Crippen LogP contribution in [0.4, 0.5) is 0 Å². The second-order valence-electron chi connectivity index (χ2n) is 4.98. The van der Waals surface area contributed by atoms with Gasteiger partial charge < -0.3 is 9.47 Å². The number of hydrogen-bond donors (Lipinski definition) is 1. The molecule has 2 atom stereocenters. The van der Waals surface area contributed by atoms with Crippen LogP contribution in [0.1, 0.15) is 40.5 Å². The smallest absolute Gasteiger partial charge is 0.104 e. The first-order valence-electron chi connectivity index (χ1n) is 6.23. The lowest BCUT2D eigenvalue weighted by atomic mass is 9.97. The van der Waals surface area contributed by atoms with E-state index in [1.807, 2.05) is 27.7 Å². The van der Waals surface area contributed by atoms with E-state index in [2.05, 4.69) is 11.4 Å². The van der Waals surface area contributed by atoms with Crippen molar-refractivity contribution < 1.29 is 9.47 Å². The maximum atomic E-state index is 9.15. The third-order valence-electron chi connectivity index (χ3n) is 2.48. The first kappa shape index (κ1) is 16.4. The average molecular weight is 242 g/mol. The molecular formula is C13H26N2O2. The maximum absolute atomic E-state index is 9.15. The molecular weight excluding hydrogens is 216 g/mol. The summed E-state index contributed by atoms with van der Waals surface area (Å²) in [6.07, 6.45) is 1.78. The molecule has 0 rings (SSSR count). The number of rotatable bonds is 9. The molecule has 0 aliphatic carbocycles. The molecule has 0 bridgehead atoms. The summed E-state index contributed by atoms with van der Waals surface area (Å²) in [6.45, 7) is 9.30. The van der Waals surface area contributed by atoms with Gasteiger partial charge >= 0.3 is 0 Å². The van der Waals surface area contributed by atoms with Crippen molar-refractivity contribution in [2.24, 2.45) is 0 Å². The van der Waals surface area contributed by atoms with Crippen molar-refractivity contribution in [1.29, 1.82) is 5.26 Å². The molecule has 0 spiro atoms. The maximum Gasteiger partial charge on any atom is 0.104 e. The summed E-state index contributed by atoms with van der Waals surface area (Å²) in [4.78, 5) is 0. The number of nitrogens with one attached hydrogen (secondary N) is 1. The van der Waals surface area contributed by atoms with E-state index in [1.54, 1.807) is 7.11 Å². The highest BCUT2D eigenvalue weighted by atomic mass is 16.5. The zero-order valence-corrected chi connectivity index (χ0v) is 11.7. The molecule has 0 aliphatic heterocycles. The van der Waals surface area contributed by atoms with E-state index in [0.29, 0.717) is 19.3 Å². The van der Waals surface area contributed by atoms with Crippen LogP contribution < -0.4 is 5.32 Å². The largest absolute Gasteiger partial charge is 0.382 e. The lowest BCUT2D eigenvalue weighted by Crippen LogP contribution is -2.45. The van der Waals surface area contributed by atoms with E-state index in [1.165, 1.54) is 0 Å². The van der Waals surface area contributed by atoms with Crippen molar-refractivity contribution in [3.8, 4) is 6.07 Å². The van der Waals surface area contributed by atoms with Gasteiger partial charge in [0.1, 0.15) is 5.54 Å². The Labute approximate surface area is 105 Å². The van der Waals surface area contributed by atoms with Gasteiger partial charge in [-0.15, -0.1) is 0 Å². The molecule has 0 radical (unpaired) electrons. The van der Waals surface area contributed by atoms with E-state index >= 15 is 0 Å². The van der Waals surface area contributed by atoms with Crippen LogP contribution in [0.25, 0.3) is 0 Å². The Balaban J connectivity index is 3.81. The van der Waals surface area contributed by atoms with Gasteiger partial charge in [0.2, 0.25) is 0 Å². The third kappa shape index (κ3) is 8.14. The Kier molecular flexibility index (Phi) is 8.15. The summed E-state index contributed by atoms with van der Waals surface area (Å²) >= 11 is 0. The van der Waals surface area contributed by atoms with Gasteiger partial charge in [-0.1, -0.05) is 0 Å². The fourth-order valence-corrected chi connectivity index (χ4v) is 1.79. The Morgan fingerprint density at radius 2 is 2.00 bits per heavy atom. The van der Waals surface area contributed by atoms with Crippen molar-refractivity contribution in [3.63, 3.8) is 0 Å². The lowest BCUT2D eigenvalue weighted by molar-refractivity contribution is 0.00650. The van der Waals surface area contributed by atoms with Crippen molar-refractivity contribution in [1.82, 2.24) is 5.32 Å². The van der Waals surface area contributed by atoms with Gasteiger partial charge in [0.15, 0.2) is 0 Å². The van der Waals surface area contributed by atoms with Gasteiger partial charge in [0.25, 0.3) is 0 Å². The predicted octanol–water partition coefficient (Wildman–Crippen LogP) is 2.10. The number of ether oxygens (including phenoxy) is 2. The van der Waals surface area contributed by atoms with Crippen LogP contribution in [0.2, 0.25) is 0 Å². The molecule has 100 valence electrons. The fourth-order valence-electron chi connectivity index (χ4n) is 1.79. The summed E-state index contributed by atoms with van der Waals surface area (Å²) in [7, 11) is 1.67. The Morgan fingerprint density at radius 3 is 2.47 bits per heavy atom. The highest BCUT2D eigenvalue weighted by molar-refractivity contribution is 5.04. The summed E-state index contributed by atoms with van der Waals surface area (Å²) in [5, 5.41) is 12.4. The summed E-state index contributed by atoms with van der Waals surface area (Å²) in [6, 6.07) is 2.64. The average Bonchev–Trinajstić information content (AvgIpc) is 2.24. The molecule has 0 saturated carbocycles. The van der Waals surface area contributed by atoms with Crippen molar-refractivity contribution in [2.75, 3.05) is 20.3 Å². The highest BCUT2D eigenvalue weighted by Crippen LogP contribution is 2.12. The number of methoxy groups -OCH3 is 1. The van der Waals surface area contributed by atoms with Crippen LogP contribution in [0, 0.1) is 11.3 Å². The van der Waals surface area contributed by atoms with Gasteiger partial charge in [-0.2, -0.15) is 5.26 Å². The molecule has 0 heterocycles. The minimum absolute atomic E-state index is 0.117. The van der Waals surface area contributed by atoms with Gasteiger partial charge in [0, 0.05) is 19.8 Å². The number of nitriles is 1.